The van der Waals surface area contributed by atoms with E-state index in [1.165, 1.54) is 6.07 Å². The van der Waals surface area contributed by atoms with E-state index in [-0.39, 0.29) is 29.8 Å². The highest BCUT2D eigenvalue weighted by Crippen LogP contribution is 2.07. The molecule has 0 saturated heterocycles. The fourth-order valence-electron chi connectivity index (χ4n) is 2.09. The van der Waals surface area contributed by atoms with Crippen molar-refractivity contribution in [2.75, 3.05) is 46.9 Å². The standard InChI is InChI=1S/C17H29FN4O.HI/c1-4-19-17(20-10-12-22(2)11-7-13-23-3)21-14-15-8-5-6-9-16(15)18;/h5-6,8-9H,4,7,10-14H2,1-3H3,(H2,19,20,21);1H. The highest BCUT2D eigenvalue weighted by Gasteiger charge is 2.02. The Morgan fingerprint density at radius 1 is 1.25 bits per heavy atom. The van der Waals surface area contributed by atoms with Gasteiger partial charge in [-0.2, -0.15) is 0 Å². The average Bonchev–Trinajstić information content (AvgIpc) is 2.54. The molecule has 7 heteroatoms. The summed E-state index contributed by atoms with van der Waals surface area (Å²) in [7, 11) is 3.80. The summed E-state index contributed by atoms with van der Waals surface area (Å²) >= 11 is 0. The number of nitrogens with one attached hydrogen (secondary N) is 2. The summed E-state index contributed by atoms with van der Waals surface area (Å²) in [5, 5.41) is 6.45. The van der Waals surface area contributed by atoms with Crippen molar-refractivity contribution in [2.24, 2.45) is 4.99 Å². The third-order valence-electron chi connectivity index (χ3n) is 3.38. The lowest BCUT2D eigenvalue weighted by Gasteiger charge is -2.18. The third kappa shape index (κ3) is 10.0. The van der Waals surface area contributed by atoms with Crippen molar-refractivity contribution >= 4 is 29.9 Å². The molecule has 0 aromatic heterocycles. The van der Waals surface area contributed by atoms with Gasteiger partial charge in [-0.3, -0.25) is 0 Å². The first-order valence-electron chi connectivity index (χ1n) is 8.10. The predicted molar refractivity (Wildman–Crippen MR) is 109 cm³/mol. The molecule has 0 aliphatic heterocycles. The molecule has 1 rings (SSSR count). The van der Waals surface area contributed by atoms with Crippen LogP contribution in [0, 0.1) is 5.82 Å². The van der Waals surface area contributed by atoms with Gasteiger partial charge < -0.3 is 20.3 Å². The van der Waals surface area contributed by atoms with Crippen LogP contribution in [0.3, 0.4) is 0 Å². The van der Waals surface area contributed by atoms with Gasteiger partial charge in [0, 0.05) is 45.5 Å². The summed E-state index contributed by atoms with van der Waals surface area (Å²) in [6, 6.07) is 6.72. The van der Waals surface area contributed by atoms with Crippen molar-refractivity contribution in [3.05, 3.63) is 35.6 Å². The Balaban J connectivity index is 0.00000529. The van der Waals surface area contributed by atoms with Crippen molar-refractivity contribution in [2.45, 2.75) is 19.9 Å². The summed E-state index contributed by atoms with van der Waals surface area (Å²) in [5.41, 5.74) is 0.599. The molecule has 0 unspecified atom stereocenters. The van der Waals surface area contributed by atoms with Gasteiger partial charge >= 0.3 is 0 Å². The van der Waals surface area contributed by atoms with E-state index in [2.05, 4.69) is 27.6 Å². The fraction of sp³-hybridized carbons (Fsp3) is 0.588. The van der Waals surface area contributed by atoms with E-state index < -0.39 is 0 Å². The smallest absolute Gasteiger partial charge is 0.191 e. The fourth-order valence-corrected chi connectivity index (χ4v) is 2.09. The molecule has 5 nitrogen and oxygen atoms in total. The highest BCUT2D eigenvalue weighted by atomic mass is 127. The van der Waals surface area contributed by atoms with E-state index in [9.17, 15) is 4.39 Å². The first-order valence-corrected chi connectivity index (χ1v) is 8.10. The number of methoxy groups -OCH3 is 1. The molecule has 0 atom stereocenters. The van der Waals surface area contributed by atoms with Crippen LogP contribution >= 0.6 is 24.0 Å². The van der Waals surface area contributed by atoms with Crippen LogP contribution in [0.4, 0.5) is 4.39 Å². The second kappa shape index (κ2) is 14.4. The Morgan fingerprint density at radius 3 is 2.67 bits per heavy atom. The van der Waals surface area contributed by atoms with Crippen molar-refractivity contribution in [1.29, 1.82) is 0 Å². The largest absolute Gasteiger partial charge is 0.385 e. The number of halogens is 2. The normalized spacial score (nSPS) is 11.3. The van der Waals surface area contributed by atoms with Crippen LogP contribution in [0.2, 0.25) is 0 Å². The van der Waals surface area contributed by atoms with Gasteiger partial charge in [0.25, 0.3) is 0 Å². The molecule has 0 fully saturated rings. The minimum Gasteiger partial charge on any atom is -0.385 e. The number of hydrogen-bond donors (Lipinski definition) is 2. The van der Waals surface area contributed by atoms with Crippen molar-refractivity contribution in [3.63, 3.8) is 0 Å². The van der Waals surface area contributed by atoms with Gasteiger partial charge in [-0.15, -0.1) is 24.0 Å². The summed E-state index contributed by atoms with van der Waals surface area (Å²) in [6.07, 6.45) is 1.02. The first kappa shape index (κ1) is 23.1. The van der Waals surface area contributed by atoms with E-state index in [1.54, 1.807) is 19.2 Å². The molecular formula is C17H30FIN4O. The molecule has 0 amide bonds. The van der Waals surface area contributed by atoms with Gasteiger partial charge in [0.15, 0.2) is 5.96 Å². The predicted octanol–water partition coefficient (Wildman–Crippen LogP) is 2.47. The van der Waals surface area contributed by atoms with Gasteiger partial charge in [-0.25, -0.2) is 9.38 Å². The lowest BCUT2D eigenvalue weighted by molar-refractivity contribution is 0.180. The maximum absolute atomic E-state index is 13.6. The average molecular weight is 452 g/mol. The van der Waals surface area contributed by atoms with E-state index in [4.69, 9.17) is 4.74 Å². The third-order valence-corrected chi connectivity index (χ3v) is 3.38. The Kier molecular flexibility index (Phi) is 13.9. The molecule has 0 bridgehead atoms. The van der Waals surface area contributed by atoms with Gasteiger partial charge in [0.05, 0.1) is 6.54 Å². The molecule has 0 saturated carbocycles. The van der Waals surface area contributed by atoms with Crippen molar-refractivity contribution in [1.82, 2.24) is 15.5 Å². The number of guanidine groups is 1. The molecule has 0 radical (unpaired) electrons. The van der Waals surface area contributed by atoms with Crippen molar-refractivity contribution in [3.8, 4) is 0 Å². The summed E-state index contributed by atoms with van der Waals surface area (Å²) in [5.74, 6) is 0.492. The SMILES string of the molecule is CCNC(=NCc1ccccc1F)NCCN(C)CCCOC.I. The highest BCUT2D eigenvalue weighted by molar-refractivity contribution is 14.0. The van der Waals surface area contributed by atoms with Gasteiger partial charge in [-0.1, -0.05) is 18.2 Å². The maximum Gasteiger partial charge on any atom is 0.191 e. The Morgan fingerprint density at radius 2 is 2.00 bits per heavy atom. The zero-order chi connectivity index (χ0) is 16.9. The number of rotatable bonds is 10. The first-order chi connectivity index (χ1) is 11.2. The van der Waals surface area contributed by atoms with Crippen LogP contribution in [0.1, 0.15) is 18.9 Å². The van der Waals surface area contributed by atoms with Gasteiger partial charge in [0.2, 0.25) is 0 Å². The Labute approximate surface area is 162 Å². The molecule has 0 aliphatic rings. The summed E-state index contributed by atoms with van der Waals surface area (Å²) < 4.78 is 18.7. The number of benzene rings is 1. The molecule has 0 heterocycles. The van der Waals surface area contributed by atoms with Crippen LogP contribution in [-0.4, -0.2) is 57.8 Å². The molecular weight excluding hydrogens is 422 g/mol. The molecule has 0 aliphatic carbocycles. The van der Waals surface area contributed by atoms with Crippen LogP contribution < -0.4 is 10.6 Å². The topological polar surface area (TPSA) is 48.9 Å². The van der Waals surface area contributed by atoms with E-state index in [1.807, 2.05) is 13.0 Å². The Bertz CT molecular complexity index is 474. The summed E-state index contributed by atoms with van der Waals surface area (Å²) in [6.45, 7) is 6.58. The van der Waals surface area contributed by atoms with E-state index in [0.29, 0.717) is 18.1 Å². The number of ether oxygens (including phenoxy) is 1. The maximum atomic E-state index is 13.6. The monoisotopic (exact) mass is 452 g/mol. The van der Waals surface area contributed by atoms with Crippen LogP contribution in [-0.2, 0) is 11.3 Å². The lowest BCUT2D eigenvalue weighted by Crippen LogP contribution is -2.41. The molecule has 2 N–H and O–H groups in total. The molecule has 1 aromatic carbocycles. The van der Waals surface area contributed by atoms with Crippen LogP contribution in [0.5, 0.6) is 0 Å². The molecule has 138 valence electrons. The minimum absolute atomic E-state index is 0. The molecule has 24 heavy (non-hydrogen) atoms. The second-order valence-electron chi connectivity index (χ2n) is 5.36. The molecule has 0 spiro atoms. The number of aliphatic imine (C=N–C) groups is 1. The number of hydrogen-bond acceptors (Lipinski definition) is 3. The van der Waals surface area contributed by atoms with E-state index >= 15 is 0 Å². The van der Waals surface area contributed by atoms with Gasteiger partial charge in [-0.05, 0) is 26.5 Å². The second-order valence-corrected chi connectivity index (χ2v) is 5.36. The quantitative estimate of drug-likeness (QED) is 0.248. The molecule has 1 aromatic rings. The summed E-state index contributed by atoms with van der Waals surface area (Å²) in [4.78, 5) is 6.68. The lowest BCUT2D eigenvalue weighted by atomic mass is 10.2. The van der Waals surface area contributed by atoms with Crippen molar-refractivity contribution < 1.29 is 9.13 Å². The van der Waals surface area contributed by atoms with Crippen LogP contribution in [0.25, 0.3) is 0 Å². The van der Waals surface area contributed by atoms with Gasteiger partial charge in [0.1, 0.15) is 5.82 Å². The van der Waals surface area contributed by atoms with E-state index in [0.717, 1.165) is 39.2 Å². The zero-order valence-corrected chi connectivity index (χ0v) is 17.2. The van der Waals surface area contributed by atoms with Crippen LogP contribution in [0.15, 0.2) is 29.3 Å². The number of likely N-dealkylation sites (N-methyl/N-ethyl adjacent to an activating group) is 1. The minimum atomic E-state index is -0.218. The zero-order valence-electron chi connectivity index (χ0n) is 14.8. The number of nitrogens with zero attached hydrogens (tertiary/aromatic N) is 2. The Hall–Kier alpha value is -0.930.